The first kappa shape index (κ1) is 11.3. The summed E-state index contributed by atoms with van der Waals surface area (Å²) in [6.45, 7) is 4.38. The van der Waals surface area contributed by atoms with Gasteiger partial charge in [0.15, 0.2) is 0 Å². The molecule has 0 fully saturated rings. The van der Waals surface area contributed by atoms with Crippen molar-refractivity contribution in [2.75, 3.05) is 0 Å². The highest BCUT2D eigenvalue weighted by Gasteiger charge is 2.23. The zero-order valence-electron chi connectivity index (χ0n) is 9.29. The summed E-state index contributed by atoms with van der Waals surface area (Å²) < 4.78 is 0. The molecule has 1 nitrogen and oxygen atoms in total. The number of nitrogens with two attached hydrogens (primary N) is 1. The lowest BCUT2D eigenvalue weighted by molar-refractivity contribution is 0.380. The Morgan fingerprint density at radius 1 is 1.14 bits per heavy atom. The second-order valence-electron chi connectivity index (χ2n) is 3.98. The fourth-order valence-corrected chi connectivity index (χ4v) is 1.79. The molecule has 0 saturated carbocycles. The third-order valence-corrected chi connectivity index (χ3v) is 2.96. The Morgan fingerprint density at radius 3 is 2.29 bits per heavy atom. The van der Waals surface area contributed by atoms with Gasteiger partial charge < -0.3 is 5.73 Å². The first-order valence-corrected chi connectivity index (χ1v) is 5.57. The van der Waals surface area contributed by atoms with E-state index in [1.807, 2.05) is 6.07 Å². The minimum atomic E-state index is -0.114. The average molecular weight is 191 g/mol. The third-order valence-electron chi connectivity index (χ3n) is 2.96. The molecule has 14 heavy (non-hydrogen) atoms. The summed E-state index contributed by atoms with van der Waals surface area (Å²) in [5.74, 6) is 0. The Morgan fingerprint density at radius 2 is 1.79 bits per heavy atom. The maximum atomic E-state index is 6.40. The molecule has 0 aliphatic rings. The largest absolute Gasteiger partial charge is 0.321 e. The Bertz CT molecular complexity index is 255. The lowest BCUT2D eigenvalue weighted by atomic mass is 9.84. The Kier molecular flexibility index (Phi) is 4.15. The molecule has 2 N–H and O–H groups in total. The van der Waals surface area contributed by atoms with Crippen LogP contribution in [0.15, 0.2) is 30.3 Å². The first-order chi connectivity index (χ1) is 6.73. The van der Waals surface area contributed by atoms with Crippen LogP contribution in [0.5, 0.6) is 0 Å². The summed E-state index contributed by atoms with van der Waals surface area (Å²) in [4.78, 5) is 0. The standard InChI is InChI=1S/C13H21N/c1-3-5-11-13(14,4-2)12-9-7-6-8-10-12/h6-10H,3-5,11,14H2,1-2H3. The normalized spacial score (nSPS) is 15.1. The van der Waals surface area contributed by atoms with Gasteiger partial charge in [0, 0.05) is 5.54 Å². The number of hydrogen-bond donors (Lipinski definition) is 1. The molecule has 0 aromatic heterocycles. The molecule has 0 aliphatic heterocycles. The van der Waals surface area contributed by atoms with E-state index in [2.05, 4.69) is 38.1 Å². The molecule has 0 bridgehead atoms. The molecule has 1 atom stereocenters. The highest BCUT2D eigenvalue weighted by Crippen LogP contribution is 2.27. The molecule has 0 radical (unpaired) electrons. The van der Waals surface area contributed by atoms with E-state index in [-0.39, 0.29) is 5.54 Å². The van der Waals surface area contributed by atoms with Crippen LogP contribution in [0.3, 0.4) is 0 Å². The van der Waals surface area contributed by atoms with Gasteiger partial charge in [-0.25, -0.2) is 0 Å². The quantitative estimate of drug-likeness (QED) is 0.758. The zero-order chi connectivity index (χ0) is 10.4. The van der Waals surface area contributed by atoms with Crippen molar-refractivity contribution in [1.82, 2.24) is 0 Å². The van der Waals surface area contributed by atoms with Gasteiger partial charge in [0.25, 0.3) is 0 Å². The first-order valence-electron chi connectivity index (χ1n) is 5.57. The van der Waals surface area contributed by atoms with Gasteiger partial charge in [-0.15, -0.1) is 0 Å². The Labute approximate surface area is 87.3 Å². The van der Waals surface area contributed by atoms with Crippen LogP contribution >= 0.6 is 0 Å². The van der Waals surface area contributed by atoms with Crippen LogP contribution < -0.4 is 5.73 Å². The minimum Gasteiger partial charge on any atom is -0.321 e. The van der Waals surface area contributed by atoms with Crippen LogP contribution in [0.1, 0.15) is 45.1 Å². The zero-order valence-corrected chi connectivity index (χ0v) is 9.29. The minimum absolute atomic E-state index is 0.114. The SMILES string of the molecule is CCCCC(N)(CC)c1ccccc1. The van der Waals surface area contributed by atoms with Gasteiger partial charge in [-0.2, -0.15) is 0 Å². The molecule has 1 aromatic rings. The summed E-state index contributed by atoms with van der Waals surface area (Å²) in [6, 6.07) is 10.5. The van der Waals surface area contributed by atoms with Crippen molar-refractivity contribution in [3.63, 3.8) is 0 Å². The van der Waals surface area contributed by atoms with E-state index in [1.165, 1.54) is 18.4 Å². The molecule has 1 unspecified atom stereocenters. The van der Waals surface area contributed by atoms with Gasteiger partial charge in [-0.1, -0.05) is 57.0 Å². The average Bonchev–Trinajstić information content (AvgIpc) is 2.27. The van der Waals surface area contributed by atoms with Crippen LogP contribution in [0.4, 0.5) is 0 Å². The van der Waals surface area contributed by atoms with Crippen LogP contribution in [-0.4, -0.2) is 0 Å². The van der Waals surface area contributed by atoms with Gasteiger partial charge in [-0.3, -0.25) is 0 Å². The third kappa shape index (κ3) is 2.58. The summed E-state index contributed by atoms with van der Waals surface area (Å²) in [5.41, 5.74) is 7.56. The van der Waals surface area contributed by atoms with Gasteiger partial charge in [-0.05, 0) is 18.4 Å². The van der Waals surface area contributed by atoms with E-state index in [0.29, 0.717) is 0 Å². The van der Waals surface area contributed by atoms with Crippen molar-refractivity contribution in [2.45, 2.75) is 45.1 Å². The van der Waals surface area contributed by atoms with Crippen molar-refractivity contribution in [2.24, 2.45) is 5.73 Å². The maximum Gasteiger partial charge on any atom is 0.0407 e. The lowest BCUT2D eigenvalue weighted by Gasteiger charge is -2.28. The second kappa shape index (κ2) is 5.16. The van der Waals surface area contributed by atoms with Gasteiger partial charge in [0.2, 0.25) is 0 Å². The van der Waals surface area contributed by atoms with Crippen molar-refractivity contribution in [1.29, 1.82) is 0 Å². The van der Waals surface area contributed by atoms with E-state index in [9.17, 15) is 0 Å². The number of hydrogen-bond acceptors (Lipinski definition) is 1. The van der Waals surface area contributed by atoms with E-state index >= 15 is 0 Å². The smallest absolute Gasteiger partial charge is 0.0407 e. The van der Waals surface area contributed by atoms with Gasteiger partial charge in [0.05, 0.1) is 0 Å². The van der Waals surface area contributed by atoms with E-state index < -0.39 is 0 Å². The van der Waals surface area contributed by atoms with E-state index in [4.69, 9.17) is 5.73 Å². The van der Waals surface area contributed by atoms with Crippen molar-refractivity contribution < 1.29 is 0 Å². The molecule has 0 saturated heterocycles. The fraction of sp³-hybridized carbons (Fsp3) is 0.538. The van der Waals surface area contributed by atoms with E-state index in [1.54, 1.807) is 0 Å². The summed E-state index contributed by atoms with van der Waals surface area (Å²) in [7, 11) is 0. The molecular weight excluding hydrogens is 170 g/mol. The highest BCUT2D eigenvalue weighted by atomic mass is 14.7. The summed E-state index contributed by atoms with van der Waals surface area (Å²) in [6.07, 6.45) is 4.52. The second-order valence-corrected chi connectivity index (χ2v) is 3.98. The highest BCUT2D eigenvalue weighted by molar-refractivity contribution is 5.23. The Balaban J connectivity index is 2.79. The van der Waals surface area contributed by atoms with Crippen LogP contribution in [0, 0.1) is 0 Å². The number of unbranched alkanes of at least 4 members (excludes halogenated alkanes) is 1. The molecule has 0 amide bonds. The molecule has 78 valence electrons. The van der Waals surface area contributed by atoms with Crippen molar-refractivity contribution >= 4 is 0 Å². The Hall–Kier alpha value is -0.820. The molecule has 1 aromatic carbocycles. The van der Waals surface area contributed by atoms with Crippen molar-refractivity contribution in [3.05, 3.63) is 35.9 Å². The van der Waals surface area contributed by atoms with Gasteiger partial charge >= 0.3 is 0 Å². The van der Waals surface area contributed by atoms with E-state index in [0.717, 1.165) is 12.8 Å². The number of rotatable bonds is 5. The summed E-state index contributed by atoms with van der Waals surface area (Å²) in [5, 5.41) is 0. The molecule has 0 spiro atoms. The molecule has 1 heteroatoms. The molecule has 0 heterocycles. The molecule has 1 rings (SSSR count). The molecular formula is C13H21N. The van der Waals surface area contributed by atoms with Crippen LogP contribution in [-0.2, 0) is 5.54 Å². The molecule has 0 aliphatic carbocycles. The topological polar surface area (TPSA) is 26.0 Å². The maximum absolute atomic E-state index is 6.40. The lowest BCUT2D eigenvalue weighted by Crippen LogP contribution is -2.35. The predicted octanol–water partition coefficient (Wildman–Crippen LogP) is 3.44. The summed E-state index contributed by atoms with van der Waals surface area (Å²) >= 11 is 0. The monoisotopic (exact) mass is 191 g/mol. The number of benzene rings is 1. The van der Waals surface area contributed by atoms with Gasteiger partial charge in [0.1, 0.15) is 0 Å². The predicted molar refractivity (Wildman–Crippen MR) is 62.1 cm³/mol. The van der Waals surface area contributed by atoms with Crippen LogP contribution in [0.2, 0.25) is 0 Å². The van der Waals surface area contributed by atoms with Crippen LogP contribution in [0.25, 0.3) is 0 Å². The van der Waals surface area contributed by atoms with Crippen molar-refractivity contribution in [3.8, 4) is 0 Å². The fourth-order valence-electron chi connectivity index (χ4n) is 1.79.